The van der Waals surface area contributed by atoms with E-state index in [1.54, 1.807) is 0 Å². The lowest BCUT2D eigenvalue weighted by molar-refractivity contribution is 0.160. The molecule has 0 spiro atoms. The number of thioether (sulfide) groups is 1. The van der Waals surface area contributed by atoms with E-state index >= 15 is 0 Å². The highest BCUT2D eigenvalue weighted by molar-refractivity contribution is 8.00. The Morgan fingerprint density at radius 2 is 2.00 bits per heavy atom. The van der Waals surface area contributed by atoms with Crippen LogP contribution < -0.4 is 0 Å². The summed E-state index contributed by atoms with van der Waals surface area (Å²) in [4.78, 5) is 2.50. The van der Waals surface area contributed by atoms with Gasteiger partial charge in [0.15, 0.2) is 0 Å². The summed E-state index contributed by atoms with van der Waals surface area (Å²) >= 11 is 2.09. The first-order valence-electron chi connectivity index (χ1n) is 4.29. The Hall–Kier alpha value is 0.310. The zero-order chi connectivity index (χ0) is 8.65. The van der Waals surface area contributed by atoms with Gasteiger partial charge < -0.3 is 0 Å². The van der Waals surface area contributed by atoms with Crippen LogP contribution in [0, 0.1) is 5.92 Å². The van der Waals surface area contributed by atoms with Gasteiger partial charge in [0.1, 0.15) is 0 Å². The average Bonchev–Trinajstić information content (AvgIpc) is 2.09. The van der Waals surface area contributed by atoms with Crippen molar-refractivity contribution in [2.24, 2.45) is 5.92 Å². The predicted molar refractivity (Wildman–Crippen MR) is 52.9 cm³/mol. The lowest BCUT2D eigenvalue weighted by Gasteiger charge is -2.32. The van der Waals surface area contributed by atoms with Gasteiger partial charge in [0.25, 0.3) is 0 Å². The lowest BCUT2D eigenvalue weighted by Crippen LogP contribution is -2.42. The first kappa shape index (κ1) is 9.40. The topological polar surface area (TPSA) is 3.24 Å². The van der Waals surface area contributed by atoms with Gasteiger partial charge in [-0.25, -0.2) is 0 Å². The molecular formula is C9H19NS. The van der Waals surface area contributed by atoms with Crippen molar-refractivity contribution < 1.29 is 0 Å². The van der Waals surface area contributed by atoms with Gasteiger partial charge in [0, 0.05) is 11.3 Å². The van der Waals surface area contributed by atoms with E-state index in [9.17, 15) is 0 Å². The van der Waals surface area contributed by atoms with Crippen molar-refractivity contribution in [1.29, 1.82) is 0 Å². The number of nitrogens with zero attached hydrogens (tertiary/aromatic N) is 1. The van der Waals surface area contributed by atoms with Gasteiger partial charge in [-0.05, 0) is 26.8 Å². The summed E-state index contributed by atoms with van der Waals surface area (Å²) in [5.74, 6) is 2.04. The predicted octanol–water partition coefficient (Wildman–Crippen LogP) is 2.43. The van der Waals surface area contributed by atoms with Crippen molar-refractivity contribution in [1.82, 2.24) is 4.90 Å². The molecule has 1 rings (SSSR count). The molecule has 0 aromatic carbocycles. The second-order valence-electron chi connectivity index (χ2n) is 4.37. The van der Waals surface area contributed by atoms with E-state index in [-0.39, 0.29) is 0 Å². The lowest BCUT2D eigenvalue weighted by atomic mass is 10.1. The Balaban J connectivity index is 2.63. The molecule has 0 saturated carbocycles. The summed E-state index contributed by atoms with van der Waals surface area (Å²) in [6.45, 7) is 9.25. The Bertz CT molecular complexity index is 142. The zero-order valence-electron chi connectivity index (χ0n) is 8.22. The Labute approximate surface area is 74.5 Å². The number of rotatable bonds is 1. The van der Waals surface area contributed by atoms with E-state index in [1.807, 2.05) is 0 Å². The van der Waals surface area contributed by atoms with Crippen molar-refractivity contribution in [2.45, 2.75) is 38.6 Å². The molecule has 1 heterocycles. The fourth-order valence-electron chi connectivity index (χ4n) is 1.49. The molecule has 0 aromatic heterocycles. The fourth-order valence-corrected chi connectivity index (χ4v) is 3.16. The highest BCUT2D eigenvalue weighted by Crippen LogP contribution is 2.38. The van der Waals surface area contributed by atoms with Crippen LogP contribution >= 0.6 is 11.8 Å². The van der Waals surface area contributed by atoms with Crippen LogP contribution in [-0.4, -0.2) is 28.6 Å². The quantitative estimate of drug-likeness (QED) is 0.599. The third-order valence-electron chi connectivity index (χ3n) is 2.51. The molecule has 0 N–H and O–H groups in total. The molecule has 1 aliphatic rings. The standard InChI is InChI=1S/C9H19NS/c1-7(2)8-10(5)9(3,4)6-11-8/h7-8H,6H2,1-5H3/t8-/m0/s1. The first-order valence-corrected chi connectivity index (χ1v) is 5.34. The van der Waals surface area contributed by atoms with E-state index < -0.39 is 0 Å². The van der Waals surface area contributed by atoms with E-state index in [0.717, 1.165) is 11.3 Å². The molecular weight excluding hydrogens is 154 g/mol. The van der Waals surface area contributed by atoms with Crippen LogP contribution in [0.1, 0.15) is 27.7 Å². The van der Waals surface area contributed by atoms with Crippen LogP contribution in [0.3, 0.4) is 0 Å². The Kier molecular flexibility index (Phi) is 2.55. The molecule has 66 valence electrons. The zero-order valence-corrected chi connectivity index (χ0v) is 9.03. The fraction of sp³-hybridized carbons (Fsp3) is 1.00. The van der Waals surface area contributed by atoms with E-state index in [4.69, 9.17) is 0 Å². The van der Waals surface area contributed by atoms with Crippen LogP contribution in [0.2, 0.25) is 0 Å². The van der Waals surface area contributed by atoms with Crippen LogP contribution in [-0.2, 0) is 0 Å². The van der Waals surface area contributed by atoms with Gasteiger partial charge in [-0.3, -0.25) is 4.90 Å². The Morgan fingerprint density at radius 3 is 2.18 bits per heavy atom. The Morgan fingerprint density at radius 1 is 1.45 bits per heavy atom. The van der Waals surface area contributed by atoms with Crippen molar-refractivity contribution >= 4 is 11.8 Å². The molecule has 0 radical (unpaired) electrons. The average molecular weight is 173 g/mol. The molecule has 0 amide bonds. The SMILES string of the molecule is CC(C)[C@@H]1SCC(C)(C)N1C. The third kappa shape index (κ3) is 1.73. The van der Waals surface area contributed by atoms with Gasteiger partial charge in [-0.2, -0.15) is 0 Å². The molecule has 11 heavy (non-hydrogen) atoms. The summed E-state index contributed by atoms with van der Waals surface area (Å²) in [7, 11) is 2.24. The van der Waals surface area contributed by atoms with Gasteiger partial charge in [-0.1, -0.05) is 13.8 Å². The maximum atomic E-state index is 2.50. The minimum atomic E-state index is 0.402. The maximum Gasteiger partial charge on any atom is 0.0583 e. The summed E-state index contributed by atoms with van der Waals surface area (Å²) in [6.07, 6.45) is 0. The highest BCUT2D eigenvalue weighted by atomic mass is 32.2. The molecule has 2 heteroatoms. The number of hydrogen-bond acceptors (Lipinski definition) is 2. The van der Waals surface area contributed by atoms with Gasteiger partial charge in [0.05, 0.1) is 5.37 Å². The van der Waals surface area contributed by atoms with Crippen molar-refractivity contribution in [3.05, 3.63) is 0 Å². The van der Waals surface area contributed by atoms with Gasteiger partial charge in [-0.15, -0.1) is 11.8 Å². The maximum absolute atomic E-state index is 2.50. The summed E-state index contributed by atoms with van der Waals surface area (Å²) in [5.41, 5.74) is 0.402. The highest BCUT2D eigenvalue weighted by Gasteiger charge is 2.38. The normalized spacial score (nSPS) is 31.6. The summed E-state index contributed by atoms with van der Waals surface area (Å²) in [6, 6.07) is 0. The minimum Gasteiger partial charge on any atom is -0.288 e. The molecule has 0 aliphatic carbocycles. The molecule has 0 unspecified atom stereocenters. The van der Waals surface area contributed by atoms with E-state index in [0.29, 0.717) is 5.54 Å². The first-order chi connectivity index (χ1) is 4.95. The van der Waals surface area contributed by atoms with Crippen molar-refractivity contribution in [2.75, 3.05) is 12.8 Å². The van der Waals surface area contributed by atoms with Crippen LogP contribution in [0.25, 0.3) is 0 Å². The molecule has 0 bridgehead atoms. The largest absolute Gasteiger partial charge is 0.288 e. The smallest absolute Gasteiger partial charge is 0.0583 e. The number of hydrogen-bond donors (Lipinski definition) is 0. The molecule has 1 atom stereocenters. The van der Waals surface area contributed by atoms with Crippen LogP contribution in [0.15, 0.2) is 0 Å². The monoisotopic (exact) mass is 173 g/mol. The second kappa shape index (κ2) is 2.98. The van der Waals surface area contributed by atoms with Crippen molar-refractivity contribution in [3.8, 4) is 0 Å². The molecule has 1 nitrogen and oxygen atoms in total. The second-order valence-corrected chi connectivity index (χ2v) is 5.47. The molecule has 1 aliphatic heterocycles. The molecule has 1 fully saturated rings. The summed E-state index contributed by atoms with van der Waals surface area (Å²) in [5, 5.41) is 0.727. The van der Waals surface area contributed by atoms with Gasteiger partial charge >= 0.3 is 0 Å². The molecule has 1 saturated heterocycles. The van der Waals surface area contributed by atoms with Gasteiger partial charge in [0.2, 0.25) is 0 Å². The molecule has 0 aromatic rings. The van der Waals surface area contributed by atoms with Crippen molar-refractivity contribution in [3.63, 3.8) is 0 Å². The van der Waals surface area contributed by atoms with E-state index in [2.05, 4.69) is 51.4 Å². The minimum absolute atomic E-state index is 0.402. The van der Waals surface area contributed by atoms with E-state index in [1.165, 1.54) is 5.75 Å². The third-order valence-corrected chi connectivity index (χ3v) is 4.59. The van der Waals surface area contributed by atoms with Crippen LogP contribution in [0.4, 0.5) is 0 Å². The van der Waals surface area contributed by atoms with Crippen LogP contribution in [0.5, 0.6) is 0 Å². The summed E-state index contributed by atoms with van der Waals surface area (Å²) < 4.78 is 0.